The molecule has 1 aromatic rings. The number of ether oxygens (including phenoxy) is 2. The fourth-order valence-electron chi connectivity index (χ4n) is 3.17. The Bertz CT molecular complexity index is 697. The van der Waals surface area contributed by atoms with E-state index in [2.05, 4.69) is 45.1 Å². The average Bonchev–Trinajstić information content (AvgIpc) is 2.72. The van der Waals surface area contributed by atoms with Crippen LogP contribution >= 0.6 is 0 Å². The number of morpholine rings is 1. The number of amides is 1. The van der Waals surface area contributed by atoms with Gasteiger partial charge in [-0.15, -0.1) is 0 Å². The molecule has 0 aliphatic carbocycles. The Labute approximate surface area is 186 Å². The van der Waals surface area contributed by atoms with Gasteiger partial charge in [0.15, 0.2) is 5.96 Å². The van der Waals surface area contributed by atoms with Crippen LogP contribution < -0.4 is 16.0 Å². The summed E-state index contributed by atoms with van der Waals surface area (Å²) in [6.45, 7) is 14.7. The molecule has 1 fully saturated rings. The van der Waals surface area contributed by atoms with Gasteiger partial charge in [0.2, 0.25) is 0 Å². The molecule has 1 heterocycles. The van der Waals surface area contributed by atoms with Gasteiger partial charge in [-0.05, 0) is 45.2 Å². The first-order chi connectivity index (χ1) is 14.9. The first-order valence-corrected chi connectivity index (χ1v) is 11.2. The number of hydrogen-bond donors (Lipinski definition) is 3. The Balaban J connectivity index is 1.81. The molecule has 0 unspecified atom stereocenters. The molecule has 1 aliphatic rings. The fraction of sp³-hybridized carbons (Fsp3) is 0.652. The number of hydrogen-bond acceptors (Lipinski definition) is 5. The molecule has 0 saturated carbocycles. The maximum absolute atomic E-state index is 11.7. The Morgan fingerprint density at radius 3 is 2.45 bits per heavy atom. The van der Waals surface area contributed by atoms with Crippen LogP contribution in [0.2, 0.25) is 0 Å². The highest BCUT2D eigenvalue weighted by Crippen LogP contribution is 2.14. The summed E-state index contributed by atoms with van der Waals surface area (Å²) in [6.07, 6.45) is 0.391. The average molecular weight is 434 g/mol. The van der Waals surface area contributed by atoms with E-state index in [1.165, 1.54) is 11.1 Å². The van der Waals surface area contributed by atoms with Crippen LogP contribution in [0.3, 0.4) is 0 Å². The molecule has 0 bridgehead atoms. The minimum absolute atomic E-state index is 0.384. The van der Waals surface area contributed by atoms with Gasteiger partial charge < -0.3 is 25.4 Å². The molecule has 1 amide bonds. The summed E-state index contributed by atoms with van der Waals surface area (Å²) in [5, 5.41) is 9.39. The van der Waals surface area contributed by atoms with Gasteiger partial charge in [0.1, 0.15) is 5.60 Å². The van der Waals surface area contributed by atoms with Gasteiger partial charge in [0.05, 0.1) is 19.8 Å². The molecule has 0 radical (unpaired) electrons. The third kappa shape index (κ3) is 10.5. The number of nitrogens with zero attached hydrogens (tertiary/aromatic N) is 2. The number of carbonyl (C=O) groups is 1. The second-order valence-electron chi connectivity index (χ2n) is 8.56. The van der Waals surface area contributed by atoms with Crippen molar-refractivity contribution < 1.29 is 14.3 Å². The number of carbonyl (C=O) groups excluding carboxylic acids is 1. The first kappa shape index (κ1) is 24.9. The van der Waals surface area contributed by atoms with Crippen molar-refractivity contribution in [2.45, 2.75) is 52.8 Å². The van der Waals surface area contributed by atoms with E-state index in [1.54, 1.807) is 0 Å². The van der Waals surface area contributed by atoms with Crippen molar-refractivity contribution in [1.29, 1.82) is 0 Å². The molecular weight excluding hydrogens is 394 g/mol. The fourth-order valence-corrected chi connectivity index (χ4v) is 3.17. The largest absolute Gasteiger partial charge is 0.444 e. The number of nitrogens with one attached hydrogen (secondary N) is 3. The van der Waals surface area contributed by atoms with E-state index < -0.39 is 5.60 Å². The minimum atomic E-state index is -0.481. The van der Waals surface area contributed by atoms with Gasteiger partial charge in [-0.25, -0.2) is 9.79 Å². The van der Waals surface area contributed by atoms with Gasteiger partial charge in [0.25, 0.3) is 0 Å². The standard InChI is InChI=1S/C23H39N5O3/c1-5-24-21(25-11-8-12-26-22(29)31-23(2,3)4)27-17-19-9-6-7-10-20(19)18-28-13-15-30-16-14-28/h6-7,9-10H,5,8,11-18H2,1-4H3,(H,26,29)(H2,24,25,27). The second kappa shape index (κ2) is 13.2. The van der Waals surface area contributed by atoms with Crippen LogP contribution in [0.15, 0.2) is 29.3 Å². The summed E-state index contributed by atoms with van der Waals surface area (Å²) in [5.41, 5.74) is 2.06. The minimum Gasteiger partial charge on any atom is -0.444 e. The Morgan fingerprint density at radius 2 is 1.77 bits per heavy atom. The highest BCUT2D eigenvalue weighted by atomic mass is 16.6. The second-order valence-corrected chi connectivity index (χ2v) is 8.56. The topological polar surface area (TPSA) is 87.2 Å². The normalized spacial score (nSPS) is 15.4. The van der Waals surface area contributed by atoms with Crippen molar-refractivity contribution >= 4 is 12.1 Å². The van der Waals surface area contributed by atoms with Crippen molar-refractivity contribution in [1.82, 2.24) is 20.9 Å². The van der Waals surface area contributed by atoms with Crippen LogP contribution in [0.25, 0.3) is 0 Å². The summed E-state index contributed by atoms with van der Waals surface area (Å²) in [5.74, 6) is 0.779. The van der Waals surface area contributed by atoms with Gasteiger partial charge in [0, 0.05) is 39.3 Å². The van der Waals surface area contributed by atoms with Gasteiger partial charge in [-0.1, -0.05) is 24.3 Å². The zero-order valence-electron chi connectivity index (χ0n) is 19.5. The van der Waals surface area contributed by atoms with Gasteiger partial charge in [-0.3, -0.25) is 4.90 Å². The van der Waals surface area contributed by atoms with Crippen molar-refractivity contribution in [3.8, 4) is 0 Å². The van der Waals surface area contributed by atoms with E-state index in [0.717, 1.165) is 51.8 Å². The SMILES string of the molecule is CCNC(=NCc1ccccc1CN1CCOCC1)NCCCNC(=O)OC(C)(C)C. The monoisotopic (exact) mass is 433 g/mol. The van der Waals surface area contributed by atoms with Crippen LogP contribution in [0.5, 0.6) is 0 Å². The molecule has 174 valence electrons. The predicted molar refractivity (Wildman–Crippen MR) is 124 cm³/mol. The molecule has 0 atom stereocenters. The highest BCUT2D eigenvalue weighted by molar-refractivity contribution is 5.79. The molecule has 1 aliphatic heterocycles. The molecule has 3 N–H and O–H groups in total. The van der Waals surface area contributed by atoms with E-state index in [1.807, 2.05) is 27.7 Å². The van der Waals surface area contributed by atoms with Crippen molar-refractivity contribution in [2.75, 3.05) is 45.9 Å². The van der Waals surface area contributed by atoms with Gasteiger partial charge >= 0.3 is 6.09 Å². The maximum atomic E-state index is 11.7. The number of aliphatic imine (C=N–C) groups is 1. The molecule has 8 heteroatoms. The smallest absolute Gasteiger partial charge is 0.407 e. The van der Waals surface area contributed by atoms with Crippen molar-refractivity contribution in [3.63, 3.8) is 0 Å². The summed E-state index contributed by atoms with van der Waals surface area (Å²) in [7, 11) is 0. The summed E-state index contributed by atoms with van der Waals surface area (Å²) in [4.78, 5) is 18.9. The van der Waals surface area contributed by atoms with Crippen LogP contribution in [-0.4, -0.2) is 68.5 Å². The molecule has 8 nitrogen and oxygen atoms in total. The summed E-state index contributed by atoms with van der Waals surface area (Å²) >= 11 is 0. The summed E-state index contributed by atoms with van der Waals surface area (Å²) < 4.78 is 10.7. The molecule has 0 spiro atoms. The molecule has 31 heavy (non-hydrogen) atoms. The van der Waals surface area contributed by atoms with E-state index in [4.69, 9.17) is 14.5 Å². The third-order valence-electron chi connectivity index (χ3n) is 4.68. The van der Waals surface area contributed by atoms with E-state index in [9.17, 15) is 4.79 Å². The van der Waals surface area contributed by atoms with E-state index in [-0.39, 0.29) is 6.09 Å². The number of alkyl carbamates (subject to hydrolysis) is 1. The molecule has 1 saturated heterocycles. The Kier molecular flexibility index (Phi) is 10.6. The van der Waals surface area contributed by atoms with Crippen molar-refractivity contribution in [3.05, 3.63) is 35.4 Å². The van der Waals surface area contributed by atoms with Crippen LogP contribution in [-0.2, 0) is 22.6 Å². The zero-order valence-corrected chi connectivity index (χ0v) is 19.5. The van der Waals surface area contributed by atoms with E-state index >= 15 is 0 Å². The molecule has 2 rings (SSSR count). The summed E-state index contributed by atoms with van der Waals surface area (Å²) in [6, 6.07) is 8.48. The molecule has 0 aromatic heterocycles. The zero-order chi connectivity index (χ0) is 22.5. The lowest BCUT2D eigenvalue weighted by Gasteiger charge is -2.27. The maximum Gasteiger partial charge on any atom is 0.407 e. The third-order valence-corrected chi connectivity index (χ3v) is 4.68. The lowest BCUT2D eigenvalue weighted by molar-refractivity contribution is 0.0341. The lowest BCUT2D eigenvalue weighted by atomic mass is 10.1. The Morgan fingerprint density at radius 1 is 1.10 bits per heavy atom. The number of rotatable bonds is 9. The highest BCUT2D eigenvalue weighted by Gasteiger charge is 2.15. The number of benzene rings is 1. The van der Waals surface area contributed by atoms with E-state index in [0.29, 0.717) is 19.6 Å². The predicted octanol–water partition coefficient (Wildman–Crippen LogP) is 2.49. The number of guanidine groups is 1. The molecule has 1 aromatic carbocycles. The Hall–Kier alpha value is -2.32. The quantitative estimate of drug-likeness (QED) is 0.315. The first-order valence-electron chi connectivity index (χ1n) is 11.2. The van der Waals surface area contributed by atoms with Crippen LogP contribution in [0, 0.1) is 0 Å². The van der Waals surface area contributed by atoms with Crippen LogP contribution in [0.1, 0.15) is 45.2 Å². The van der Waals surface area contributed by atoms with Gasteiger partial charge in [-0.2, -0.15) is 0 Å². The van der Waals surface area contributed by atoms with Crippen molar-refractivity contribution in [2.24, 2.45) is 4.99 Å². The lowest BCUT2D eigenvalue weighted by Crippen LogP contribution is -2.39. The van der Waals surface area contributed by atoms with Crippen LogP contribution in [0.4, 0.5) is 4.79 Å². The molecular formula is C23H39N5O3.